The molecule has 28 heavy (non-hydrogen) atoms. The van der Waals surface area contributed by atoms with Gasteiger partial charge in [-0.25, -0.2) is 15.1 Å². The molecule has 0 aliphatic heterocycles. The van der Waals surface area contributed by atoms with E-state index in [-0.39, 0.29) is 0 Å². The van der Waals surface area contributed by atoms with Crippen LogP contribution in [0, 0.1) is 0 Å². The lowest BCUT2D eigenvalue weighted by molar-refractivity contribution is -0.163. The number of carbonyl (C=O) groups is 2. The van der Waals surface area contributed by atoms with Gasteiger partial charge in [-0.2, -0.15) is 4.73 Å². The van der Waals surface area contributed by atoms with Crippen molar-refractivity contribution in [3.8, 4) is 0 Å². The number of carboxylic acids is 1. The minimum Gasteiger partial charge on any atom is -0.473 e. The number of para-hydroxylation sites is 1. The second-order valence-corrected chi connectivity index (χ2v) is 6.80. The van der Waals surface area contributed by atoms with E-state index in [1.807, 2.05) is 12.1 Å². The number of carbonyl (C=O) groups excluding carboxylic acids is 1. The first-order chi connectivity index (χ1) is 13.6. The summed E-state index contributed by atoms with van der Waals surface area (Å²) in [5, 5.41) is 9.64. The molecule has 0 spiro atoms. The predicted octanol–water partition coefficient (Wildman–Crippen LogP) is 3.50. The van der Waals surface area contributed by atoms with Crippen molar-refractivity contribution in [1.29, 1.82) is 0 Å². The van der Waals surface area contributed by atoms with Crippen LogP contribution in [-0.4, -0.2) is 34.9 Å². The smallest absolute Gasteiger partial charge is 0.441 e. The van der Waals surface area contributed by atoms with E-state index in [4.69, 9.17) is 14.8 Å². The van der Waals surface area contributed by atoms with E-state index in [2.05, 4.69) is 12.4 Å². The fraction of sp³-hybridized carbons (Fsp3) is 0.524. The SMILES string of the molecule is CCCCCCCCCONCCc1cn(OC(=O)C(=O)O)c2ccccc12. The van der Waals surface area contributed by atoms with Crippen LogP contribution in [0.4, 0.5) is 0 Å². The quantitative estimate of drug-likeness (QED) is 0.309. The maximum absolute atomic E-state index is 11.3. The summed E-state index contributed by atoms with van der Waals surface area (Å²) in [6.45, 7) is 3.52. The number of rotatable bonds is 13. The Bertz CT molecular complexity index is 756. The van der Waals surface area contributed by atoms with Gasteiger partial charge in [0.1, 0.15) is 0 Å². The Morgan fingerprint density at radius 3 is 2.54 bits per heavy atom. The van der Waals surface area contributed by atoms with Gasteiger partial charge < -0.3 is 14.8 Å². The molecule has 7 nitrogen and oxygen atoms in total. The van der Waals surface area contributed by atoms with Crippen molar-refractivity contribution in [3.05, 3.63) is 36.0 Å². The van der Waals surface area contributed by atoms with E-state index in [0.717, 1.165) is 17.4 Å². The van der Waals surface area contributed by atoms with Crippen LogP contribution in [0.3, 0.4) is 0 Å². The van der Waals surface area contributed by atoms with Crippen LogP contribution in [0.2, 0.25) is 0 Å². The molecular weight excluding hydrogens is 360 g/mol. The number of nitrogens with one attached hydrogen (secondary N) is 1. The number of hydrogen-bond donors (Lipinski definition) is 2. The van der Waals surface area contributed by atoms with Crippen LogP contribution in [0.15, 0.2) is 30.5 Å². The van der Waals surface area contributed by atoms with Gasteiger partial charge >= 0.3 is 11.9 Å². The average Bonchev–Trinajstić information content (AvgIpc) is 3.03. The molecule has 2 N–H and O–H groups in total. The van der Waals surface area contributed by atoms with Gasteiger partial charge in [0.15, 0.2) is 0 Å². The number of nitrogens with zero attached hydrogens (tertiary/aromatic N) is 1. The molecule has 2 rings (SSSR count). The lowest BCUT2D eigenvalue weighted by Crippen LogP contribution is -2.26. The summed E-state index contributed by atoms with van der Waals surface area (Å²) in [6.07, 6.45) is 11.0. The molecule has 0 aliphatic rings. The van der Waals surface area contributed by atoms with Crippen LogP contribution < -0.4 is 10.3 Å². The van der Waals surface area contributed by atoms with Gasteiger partial charge in [0.05, 0.1) is 12.1 Å². The molecule has 0 radical (unpaired) electrons. The number of carboxylic acid groups (broad SMARTS) is 1. The Balaban J connectivity index is 1.72. The van der Waals surface area contributed by atoms with Crippen molar-refractivity contribution in [2.75, 3.05) is 13.2 Å². The van der Waals surface area contributed by atoms with Crippen LogP contribution >= 0.6 is 0 Å². The highest BCUT2D eigenvalue weighted by atomic mass is 16.7. The second kappa shape index (κ2) is 12.2. The van der Waals surface area contributed by atoms with E-state index < -0.39 is 11.9 Å². The fourth-order valence-corrected chi connectivity index (χ4v) is 3.08. The molecule has 0 atom stereocenters. The minimum atomic E-state index is -1.63. The van der Waals surface area contributed by atoms with Crippen LogP contribution in [-0.2, 0) is 20.8 Å². The van der Waals surface area contributed by atoms with Gasteiger partial charge in [0.2, 0.25) is 0 Å². The number of benzene rings is 1. The molecule has 0 saturated carbocycles. The minimum absolute atomic E-state index is 0.609. The zero-order valence-corrected chi connectivity index (χ0v) is 16.5. The number of hydrogen-bond acceptors (Lipinski definition) is 5. The first-order valence-corrected chi connectivity index (χ1v) is 10.0. The monoisotopic (exact) mass is 390 g/mol. The molecule has 0 bridgehead atoms. The van der Waals surface area contributed by atoms with Crippen molar-refractivity contribution in [2.45, 2.75) is 58.3 Å². The molecule has 0 saturated heterocycles. The number of aliphatic carboxylic acids is 1. The van der Waals surface area contributed by atoms with Gasteiger partial charge in [0.25, 0.3) is 0 Å². The maximum atomic E-state index is 11.3. The largest absolute Gasteiger partial charge is 0.473 e. The standard InChI is InChI=1S/C21H30N2O5/c1-2-3-4-5-6-7-10-15-27-22-14-13-17-16-23(28-21(26)20(24)25)19-12-9-8-11-18(17)19/h8-9,11-12,16,22H,2-7,10,13-15H2,1H3,(H,24,25). The predicted molar refractivity (Wildman–Crippen MR) is 107 cm³/mol. The van der Waals surface area contributed by atoms with Gasteiger partial charge in [-0.05, 0) is 24.5 Å². The molecule has 1 aromatic carbocycles. The number of hydroxylamine groups is 1. The third-order valence-corrected chi connectivity index (χ3v) is 4.56. The molecule has 1 heterocycles. The Hall–Kier alpha value is -2.38. The lowest BCUT2D eigenvalue weighted by atomic mass is 10.1. The van der Waals surface area contributed by atoms with Gasteiger partial charge in [-0.3, -0.25) is 0 Å². The third kappa shape index (κ3) is 6.98. The highest BCUT2D eigenvalue weighted by molar-refractivity contribution is 6.28. The Labute approximate surface area is 165 Å². The summed E-state index contributed by atoms with van der Waals surface area (Å²) in [5.41, 5.74) is 4.56. The highest BCUT2D eigenvalue weighted by Gasteiger charge is 2.17. The molecule has 0 aliphatic carbocycles. The topological polar surface area (TPSA) is 89.8 Å². The number of aromatic nitrogens is 1. The molecule has 2 aromatic rings. The Morgan fingerprint density at radius 2 is 1.79 bits per heavy atom. The highest BCUT2D eigenvalue weighted by Crippen LogP contribution is 2.20. The van der Waals surface area contributed by atoms with Gasteiger partial charge in [-0.15, -0.1) is 0 Å². The van der Waals surface area contributed by atoms with Gasteiger partial charge in [0, 0.05) is 18.1 Å². The van der Waals surface area contributed by atoms with Crippen LogP contribution in [0.1, 0.15) is 57.4 Å². The summed E-state index contributed by atoms with van der Waals surface area (Å²) in [5.74, 6) is -2.94. The van der Waals surface area contributed by atoms with Crippen molar-refractivity contribution in [1.82, 2.24) is 10.2 Å². The molecular formula is C21H30N2O5. The fourth-order valence-electron chi connectivity index (χ4n) is 3.08. The lowest BCUT2D eigenvalue weighted by Gasteiger charge is -2.05. The second-order valence-electron chi connectivity index (χ2n) is 6.80. The zero-order valence-electron chi connectivity index (χ0n) is 16.5. The normalized spacial score (nSPS) is 11.0. The summed E-state index contributed by atoms with van der Waals surface area (Å²) in [6, 6.07) is 7.38. The molecule has 7 heteroatoms. The van der Waals surface area contributed by atoms with E-state index in [1.54, 1.807) is 18.3 Å². The summed E-state index contributed by atoms with van der Waals surface area (Å²) < 4.78 is 1.21. The maximum Gasteiger partial charge on any atom is 0.441 e. The number of unbranched alkanes of at least 4 members (excludes halogenated alkanes) is 6. The van der Waals surface area contributed by atoms with Gasteiger partial charge in [-0.1, -0.05) is 63.6 Å². The van der Waals surface area contributed by atoms with Crippen molar-refractivity contribution in [3.63, 3.8) is 0 Å². The van der Waals surface area contributed by atoms with E-state index in [1.165, 1.54) is 43.3 Å². The third-order valence-electron chi connectivity index (χ3n) is 4.56. The molecule has 154 valence electrons. The first kappa shape index (κ1) is 21.9. The van der Waals surface area contributed by atoms with Crippen molar-refractivity contribution < 1.29 is 24.4 Å². The molecule has 0 unspecified atom stereocenters. The van der Waals surface area contributed by atoms with Crippen LogP contribution in [0.5, 0.6) is 0 Å². The van der Waals surface area contributed by atoms with E-state index in [9.17, 15) is 9.59 Å². The Morgan fingerprint density at radius 1 is 1.07 bits per heavy atom. The Kier molecular flexibility index (Phi) is 9.51. The first-order valence-electron chi connectivity index (χ1n) is 10.0. The molecule has 1 aromatic heterocycles. The summed E-state index contributed by atoms with van der Waals surface area (Å²) in [7, 11) is 0. The molecule has 0 amide bonds. The van der Waals surface area contributed by atoms with E-state index in [0.29, 0.717) is 25.1 Å². The summed E-state index contributed by atoms with van der Waals surface area (Å²) in [4.78, 5) is 32.4. The summed E-state index contributed by atoms with van der Waals surface area (Å²) >= 11 is 0. The van der Waals surface area contributed by atoms with E-state index >= 15 is 0 Å². The molecule has 0 fully saturated rings. The number of fused-ring (bicyclic) bond motifs is 1. The van der Waals surface area contributed by atoms with Crippen LogP contribution in [0.25, 0.3) is 10.9 Å². The van der Waals surface area contributed by atoms with Crippen molar-refractivity contribution >= 4 is 22.8 Å². The average molecular weight is 390 g/mol. The zero-order chi connectivity index (χ0) is 20.2. The van der Waals surface area contributed by atoms with Crippen molar-refractivity contribution in [2.24, 2.45) is 0 Å².